The number of anilines is 1. The first kappa shape index (κ1) is 16.5. The van der Waals surface area contributed by atoms with E-state index in [4.69, 9.17) is 0 Å². The van der Waals surface area contributed by atoms with Crippen molar-refractivity contribution in [3.05, 3.63) is 50.6 Å². The van der Waals surface area contributed by atoms with Crippen molar-refractivity contribution >= 4 is 33.0 Å². The van der Waals surface area contributed by atoms with Gasteiger partial charge in [0, 0.05) is 34.7 Å². The minimum atomic E-state index is 0.370. The summed E-state index contributed by atoms with van der Waals surface area (Å²) < 4.78 is 1.18. The molecule has 0 fully saturated rings. The zero-order valence-electron chi connectivity index (χ0n) is 12.9. The van der Waals surface area contributed by atoms with Crippen molar-refractivity contribution in [2.75, 3.05) is 25.0 Å². The lowest BCUT2D eigenvalue weighted by Gasteiger charge is -2.21. The van der Waals surface area contributed by atoms with E-state index < -0.39 is 0 Å². The van der Waals surface area contributed by atoms with Crippen LogP contribution in [0.1, 0.15) is 30.3 Å². The van der Waals surface area contributed by atoms with Gasteiger partial charge in [-0.05, 0) is 49.0 Å². The first-order valence-corrected chi connectivity index (χ1v) is 9.05. The SMILES string of the molecule is CCNC(C)c1ccc(N(C)CCc2cccs2)cc1Br. The molecule has 1 aromatic heterocycles. The van der Waals surface area contributed by atoms with Crippen LogP contribution in [0.4, 0.5) is 5.69 Å². The predicted octanol–water partition coefficient (Wildman–Crippen LogP) is 4.86. The van der Waals surface area contributed by atoms with Crippen molar-refractivity contribution in [2.24, 2.45) is 0 Å². The third kappa shape index (κ3) is 4.56. The molecule has 21 heavy (non-hydrogen) atoms. The molecule has 2 nitrogen and oxygen atoms in total. The predicted molar refractivity (Wildman–Crippen MR) is 97.5 cm³/mol. The van der Waals surface area contributed by atoms with E-state index in [1.165, 1.54) is 20.6 Å². The normalized spacial score (nSPS) is 12.4. The molecule has 1 atom stereocenters. The van der Waals surface area contributed by atoms with Crippen LogP contribution in [0.15, 0.2) is 40.2 Å². The van der Waals surface area contributed by atoms with Crippen LogP contribution in [-0.4, -0.2) is 20.1 Å². The molecule has 2 rings (SSSR count). The third-order valence-corrected chi connectivity index (χ3v) is 5.30. The van der Waals surface area contributed by atoms with E-state index in [0.717, 1.165) is 19.5 Å². The van der Waals surface area contributed by atoms with E-state index in [0.29, 0.717) is 6.04 Å². The molecule has 0 amide bonds. The maximum atomic E-state index is 3.71. The maximum Gasteiger partial charge on any atom is 0.0375 e. The Balaban J connectivity index is 2.01. The Labute approximate surface area is 140 Å². The number of benzene rings is 1. The summed E-state index contributed by atoms with van der Waals surface area (Å²) in [6, 6.07) is 11.3. The van der Waals surface area contributed by atoms with E-state index >= 15 is 0 Å². The molecule has 0 radical (unpaired) electrons. The fourth-order valence-corrected chi connectivity index (χ4v) is 3.79. The molecule has 1 heterocycles. The molecule has 0 aliphatic carbocycles. The molecule has 4 heteroatoms. The van der Waals surface area contributed by atoms with Crippen molar-refractivity contribution in [3.8, 4) is 0 Å². The Morgan fingerprint density at radius 1 is 1.33 bits per heavy atom. The van der Waals surface area contributed by atoms with Gasteiger partial charge in [-0.2, -0.15) is 0 Å². The highest BCUT2D eigenvalue weighted by atomic mass is 79.9. The molecule has 1 N–H and O–H groups in total. The highest BCUT2D eigenvalue weighted by molar-refractivity contribution is 9.10. The molecular formula is C17H23BrN2S. The van der Waals surface area contributed by atoms with Crippen LogP contribution >= 0.6 is 27.3 Å². The van der Waals surface area contributed by atoms with Gasteiger partial charge in [-0.3, -0.25) is 0 Å². The van der Waals surface area contributed by atoms with Gasteiger partial charge < -0.3 is 10.2 Å². The van der Waals surface area contributed by atoms with Gasteiger partial charge in [0.15, 0.2) is 0 Å². The van der Waals surface area contributed by atoms with Gasteiger partial charge in [0.1, 0.15) is 0 Å². The summed E-state index contributed by atoms with van der Waals surface area (Å²) in [6.45, 7) is 6.35. The van der Waals surface area contributed by atoms with Gasteiger partial charge in [-0.1, -0.05) is 35.0 Å². The Bertz CT molecular complexity index is 554. The molecule has 0 saturated carbocycles. The van der Waals surface area contributed by atoms with Crippen LogP contribution < -0.4 is 10.2 Å². The lowest BCUT2D eigenvalue weighted by Crippen LogP contribution is -2.21. The highest BCUT2D eigenvalue weighted by Gasteiger charge is 2.10. The first-order chi connectivity index (χ1) is 10.1. The topological polar surface area (TPSA) is 15.3 Å². The summed E-state index contributed by atoms with van der Waals surface area (Å²) in [6.07, 6.45) is 1.10. The van der Waals surface area contributed by atoms with Crippen molar-refractivity contribution in [1.29, 1.82) is 0 Å². The van der Waals surface area contributed by atoms with Crippen LogP contribution in [0.2, 0.25) is 0 Å². The summed E-state index contributed by atoms with van der Waals surface area (Å²) in [4.78, 5) is 3.75. The molecule has 0 aliphatic rings. The standard InChI is InChI=1S/C17H23BrN2S/c1-4-19-13(2)16-8-7-14(12-17(16)18)20(3)10-9-15-6-5-11-21-15/h5-8,11-13,19H,4,9-10H2,1-3H3. The molecule has 0 bridgehead atoms. The summed E-state index contributed by atoms with van der Waals surface area (Å²) in [7, 11) is 2.16. The van der Waals surface area contributed by atoms with Crippen molar-refractivity contribution in [1.82, 2.24) is 5.32 Å². The number of hydrogen-bond donors (Lipinski definition) is 1. The lowest BCUT2D eigenvalue weighted by atomic mass is 10.1. The van der Waals surface area contributed by atoms with Gasteiger partial charge in [0.2, 0.25) is 0 Å². The van der Waals surface area contributed by atoms with Crippen LogP contribution in [-0.2, 0) is 6.42 Å². The van der Waals surface area contributed by atoms with E-state index in [-0.39, 0.29) is 0 Å². The van der Waals surface area contributed by atoms with Gasteiger partial charge in [-0.15, -0.1) is 11.3 Å². The second-order valence-corrected chi connectivity index (χ2v) is 7.12. The minimum absolute atomic E-state index is 0.370. The molecule has 1 aromatic carbocycles. The first-order valence-electron chi connectivity index (χ1n) is 7.38. The molecule has 114 valence electrons. The van der Waals surface area contributed by atoms with Crippen molar-refractivity contribution in [3.63, 3.8) is 0 Å². The van der Waals surface area contributed by atoms with Gasteiger partial charge in [-0.25, -0.2) is 0 Å². The quantitative estimate of drug-likeness (QED) is 0.752. The molecule has 2 aromatic rings. The molecular weight excluding hydrogens is 344 g/mol. The maximum absolute atomic E-state index is 3.71. The van der Waals surface area contributed by atoms with E-state index in [1.807, 2.05) is 11.3 Å². The third-order valence-electron chi connectivity index (χ3n) is 3.68. The Hall–Kier alpha value is -0.840. The van der Waals surface area contributed by atoms with E-state index in [9.17, 15) is 0 Å². The van der Waals surface area contributed by atoms with Crippen molar-refractivity contribution in [2.45, 2.75) is 26.3 Å². The number of hydrogen-bond acceptors (Lipinski definition) is 3. The molecule has 1 unspecified atom stereocenters. The Morgan fingerprint density at radius 3 is 2.76 bits per heavy atom. The molecule has 0 saturated heterocycles. The van der Waals surface area contributed by atoms with Gasteiger partial charge in [0.05, 0.1) is 0 Å². The number of halogens is 1. The van der Waals surface area contributed by atoms with Crippen LogP contribution in [0.5, 0.6) is 0 Å². The smallest absolute Gasteiger partial charge is 0.0375 e. The average Bonchev–Trinajstić information content (AvgIpc) is 2.98. The monoisotopic (exact) mass is 366 g/mol. The van der Waals surface area contributed by atoms with Crippen molar-refractivity contribution < 1.29 is 0 Å². The second kappa shape index (κ2) is 7.97. The van der Waals surface area contributed by atoms with Gasteiger partial charge >= 0.3 is 0 Å². The summed E-state index contributed by atoms with van der Waals surface area (Å²) in [5, 5.41) is 5.59. The fourth-order valence-electron chi connectivity index (χ4n) is 2.38. The number of nitrogens with one attached hydrogen (secondary N) is 1. The molecule has 0 aliphatic heterocycles. The summed E-state index contributed by atoms with van der Waals surface area (Å²) in [5.74, 6) is 0. The number of nitrogens with zero attached hydrogens (tertiary/aromatic N) is 1. The van der Waals surface area contributed by atoms with Crippen LogP contribution in [0.25, 0.3) is 0 Å². The highest BCUT2D eigenvalue weighted by Crippen LogP contribution is 2.28. The zero-order valence-corrected chi connectivity index (χ0v) is 15.3. The Kier molecular flexibility index (Phi) is 6.27. The largest absolute Gasteiger partial charge is 0.374 e. The van der Waals surface area contributed by atoms with Gasteiger partial charge in [0.25, 0.3) is 0 Å². The number of likely N-dealkylation sites (N-methyl/N-ethyl adjacent to an activating group) is 1. The summed E-state index contributed by atoms with van der Waals surface area (Å²) >= 11 is 5.54. The number of rotatable bonds is 7. The lowest BCUT2D eigenvalue weighted by molar-refractivity contribution is 0.596. The van der Waals surface area contributed by atoms with Crippen LogP contribution in [0.3, 0.4) is 0 Å². The van der Waals surface area contributed by atoms with Crippen LogP contribution in [0, 0.1) is 0 Å². The Morgan fingerprint density at radius 2 is 2.14 bits per heavy atom. The zero-order chi connectivity index (χ0) is 15.2. The van der Waals surface area contributed by atoms with E-state index in [1.54, 1.807) is 0 Å². The minimum Gasteiger partial charge on any atom is -0.374 e. The molecule has 0 spiro atoms. The fraction of sp³-hybridized carbons (Fsp3) is 0.412. The average molecular weight is 367 g/mol. The summed E-state index contributed by atoms with van der Waals surface area (Å²) in [5.41, 5.74) is 2.57. The van der Waals surface area contributed by atoms with E-state index in [2.05, 4.69) is 82.8 Å². The number of thiophene rings is 1. The second-order valence-electron chi connectivity index (χ2n) is 5.24.